The van der Waals surface area contributed by atoms with Gasteiger partial charge in [0, 0.05) is 6.07 Å². The molecule has 0 atom stereocenters. The normalized spacial score (nSPS) is 15.3. The Hall–Kier alpha value is -4.21. The summed E-state index contributed by atoms with van der Waals surface area (Å²) in [4.78, 5) is 48.8. The Morgan fingerprint density at radius 3 is 2.38 bits per heavy atom. The highest BCUT2D eigenvalue weighted by Crippen LogP contribution is 2.32. The number of imide groups is 2. The van der Waals surface area contributed by atoms with Gasteiger partial charge in [0.15, 0.2) is 5.75 Å². The minimum atomic E-state index is -0.928. The molecule has 0 unspecified atom stereocenters. The molecule has 4 amide bonds. The highest BCUT2D eigenvalue weighted by Gasteiger charge is 2.38. The topological polar surface area (TPSA) is 128 Å². The van der Waals surface area contributed by atoms with E-state index >= 15 is 0 Å². The molecule has 10 nitrogen and oxygen atoms in total. The zero-order chi connectivity index (χ0) is 21.1. The van der Waals surface area contributed by atoms with E-state index in [0.29, 0.717) is 0 Å². The molecule has 1 heterocycles. The van der Waals surface area contributed by atoms with Crippen molar-refractivity contribution >= 4 is 35.3 Å². The van der Waals surface area contributed by atoms with E-state index in [2.05, 4.69) is 5.32 Å². The number of hydrogen-bond donors (Lipinski definition) is 1. The average molecular weight is 397 g/mol. The number of methoxy groups -OCH3 is 2. The first kappa shape index (κ1) is 19.5. The summed E-state index contributed by atoms with van der Waals surface area (Å²) < 4.78 is 10.1. The quantitative estimate of drug-likeness (QED) is 0.355. The van der Waals surface area contributed by atoms with E-state index in [-0.39, 0.29) is 34.0 Å². The molecule has 0 aliphatic carbocycles. The van der Waals surface area contributed by atoms with Crippen molar-refractivity contribution in [3.63, 3.8) is 0 Å². The van der Waals surface area contributed by atoms with Gasteiger partial charge in [-0.2, -0.15) is 0 Å². The van der Waals surface area contributed by atoms with Crippen molar-refractivity contribution in [3.8, 4) is 11.5 Å². The number of barbiturate groups is 1. The summed E-state index contributed by atoms with van der Waals surface area (Å²) in [7, 11) is 2.67. The van der Waals surface area contributed by atoms with Crippen LogP contribution in [0.2, 0.25) is 0 Å². The van der Waals surface area contributed by atoms with Gasteiger partial charge in [-0.15, -0.1) is 0 Å². The summed E-state index contributed by atoms with van der Waals surface area (Å²) in [5.74, 6) is -1.52. The van der Waals surface area contributed by atoms with Gasteiger partial charge in [0.25, 0.3) is 11.8 Å². The van der Waals surface area contributed by atoms with Crippen LogP contribution < -0.4 is 19.7 Å². The largest absolute Gasteiger partial charge is 0.495 e. The average Bonchev–Trinajstić information content (AvgIpc) is 2.71. The summed E-state index contributed by atoms with van der Waals surface area (Å²) in [5, 5.41) is 13.3. The highest BCUT2D eigenvalue weighted by atomic mass is 16.6. The molecule has 0 saturated carbocycles. The van der Waals surface area contributed by atoms with Gasteiger partial charge in [-0.1, -0.05) is 18.2 Å². The molecule has 0 aromatic heterocycles. The summed E-state index contributed by atoms with van der Waals surface area (Å²) in [6.45, 7) is 0. The SMILES string of the molecule is COc1ccccc1N1C(=O)NC(=O)C(=Cc2ccc(OC)c([N+](=O)[O-])c2)C1=O. The second kappa shape index (κ2) is 7.80. The summed E-state index contributed by atoms with van der Waals surface area (Å²) in [6, 6.07) is 9.34. The predicted molar refractivity (Wildman–Crippen MR) is 102 cm³/mol. The number of benzene rings is 2. The Morgan fingerprint density at radius 2 is 1.72 bits per heavy atom. The summed E-state index contributed by atoms with van der Waals surface area (Å²) in [5.41, 5.74) is -0.333. The third-order valence-electron chi connectivity index (χ3n) is 4.14. The fourth-order valence-electron chi connectivity index (χ4n) is 2.80. The third-order valence-corrected chi connectivity index (χ3v) is 4.14. The molecule has 1 N–H and O–H groups in total. The fraction of sp³-hybridized carbons (Fsp3) is 0.105. The van der Waals surface area contributed by atoms with Crippen LogP contribution in [0.4, 0.5) is 16.2 Å². The maximum atomic E-state index is 12.9. The molecule has 1 saturated heterocycles. The molecule has 0 spiro atoms. The van der Waals surface area contributed by atoms with Crippen molar-refractivity contribution in [2.24, 2.45) is 0 Å². The standard InChI is InChI=1S/C19H15N3O7/c1-28-15-6-4-3-5-13(15)21-18(24)12(17(23)20-19(21)25)9-11-7-8-16(29-2)14(10-11)22(26)27/h3-10H,1-2H3,(H,20,23,25). The third kappa shape index (κ3) is 3.63. The molecular formula is C19H15N3O7. The number of rotatable bonds is 5. The van der Waals surface area contributed by atoms with Crippen LogP contribution in [0.3, 0.4) is 0 Å². The zero-order valence-electron chi connectivity index (χ0n) is 15.4. The Bertz CT molecular complexity index is 1060. The van der Waals surface area contributed by atoms with E-state index in [9.17, 15) is 24.5 Å². The van der Waals surface area contributed by atoms with Crippen molar-refractivity contribution in [1.82, 2.24) is 5.32 Å². The van der Waals surface area contributed by atoms with Gasteiger partial charge in [-0.25, -0.2) is 9.69 Å². The molecule has 2 aromatic carbocycles. The number of amides is 4. The van der Waals surface area contributed by atoms with Crippen molar-refractivity contribution in [2.75, 3.05) is 19.1 Å². The van der Waals surface area contributed by atoms with Gasteiger partial charge in [-0.05, 0) is 29.8 Å². The van der Waals surface area contributed by atoms with E-state index in [4.69, 9.17) is 9.47 Å². The molecule has 10 heteroatoms. The molecule has 1 fully saturated rings. The number of para-hydroxylation sites is 2. The lowest BCUT2D eigenvalue weighted by atomic mass is 10.1. The van der Waals surface area contributed by atoms with E-state index < -0.39 is 22.8 Å². The zero-order valence-corrected chi connectivity index (χ0v) is 15.4. The second-order valence-electron chi connectivity index (χ2n) is 5.82. The Labute approximate surface area is 164 Å². The molecule has 0 bridgehead atoms. The number of nitrogens with one attached hydrogen (secondary N) is 1. The lowest BCUT2D eigenvalue weighted by molar-refractivity contribution is -0.385. The van der Waals surface area contributed by atoms with Crippen LogP contribution >= 0.6 is 0 Å². The van der Waals surface area contributed by atoms with E-state index in [1.54, 1.807) is 18.2 Å². The smallest absolute Gasteiger partial charge is 0.336 e. The van der Waals surface area contributed by atoms with Crippen LogP contribution in [0.5, 0.6) is 11.5 Å². The Balaban J connectivity index is 2.06. The molecule has 2 aromatic rings. The number of nitrogens with zero attached hydrogens (tertiary/aromatic N) is 2. The van der Waals surface area contributed by atoms with Crippen molar-refractivity contribution < 1.29 is 28.8 Å². The first-order chi connectivity index (χ1) is 13.9. The first-order valence-electron chi connectivity index (χ1n) is 8.24. The first-order valence-corrected chi connectivity index (χ1v) is 8.24. The summed E-state index contributed by atoms with van der Waals surface area (Å²) in [6.07, 6.45) is 1.17. The van der Waals surface area contributed by atoms with E-state index in [1.165, 1.54) is 38.5 Å². The van der Waals surface area contributed by atoms with Crippen LogP contribution in [0, 0.1) is 10.1 Å². The van der Waals surface area contributed by atoms with Gasteiger partial charge in [0.05, 0.1) is 24.8 Å². The second-order valence-corrected chi connectivity index (χ2v) is 5.82. The molecule has 3 rings (SSSR count). The van der Waals surface area contributed by atoms with E-state index in [1.807, 2.05) is 0 Å². The van der Waals surface area contributed by atoms with Crippen molar-refractivity contribution in [3.05, 3.63) is 63.7 Å². The molecule has 29 heavy (non-hydrogen) atoms. The number of urea groups is 1. The maximum Gasteiger partial charge on any atom is 0.336 e. The minimum absolute atomic E-state index is 0.0300. The van der Waals surface area contributed by atoms with Gasteiger partial charge < -0.3 is 9.47 Å². The lowest BCUT2D eigenvalue weighted by Crippen LogP contribution is -2.54. The minimum Gasteiger partial charge on any atom is -0.495 e. The highest BCUT2D eigenvalue weighted by molar-refractivity contribution is 6.39. The number of ether oxygens (including phenoxy) is 2. The number of carbonyl (C=O) groups is 3. The molecular weight excluding hydrogens is 382 g/mol. The van der Waals surface area contributed by atoms with Gasteiger partial charge in [-0.3, -0.25) is 25.0 Å². The monoisotopic (exact) mass is 397 g/mol. The molecule has 148 valence electrons. The molecule has 1 aliphatic rings. The van der Waals surface area contributed by atoms with Crippen LogP contribution in [0.15, 0.2) is 48.0 Å². The van der Waals surface area contributed by atoms with Crippen LogP contribution in [0.1, 0.15) is 5.56 Å². The van der Waals surface area contributed by atoms with E-state index in [0.717, 1.165) is 11.0 Å². The Morgan fingerprint density at radius 1 is 1.03 bits per heavy atom. The maximum absolute atomic E-state index is 12.9. The number of carbonyl (C=O) groups excluding carboxylic acids is 3. The van der Waals surface area contributed by atoms with Crippen molar-refractivity contribution in [2.45, 2.75) is 0 Å². The predicted octanol–water partition coefficient (Wildman–Crippen LogP) is 2.28. The van der Waals surface area contributed by atoms with Crippen LogP contribution in [-0.2, 0) is 9.59 Å². The Kier molecular flexibility index (Phi) is 5.26. The van der Waals surface area contributed by atoms with Gasteiger partial charge in [0.1, 0.15) is 11.3 Å². The number of hydrogen-bond acceptors (Lipinski definition) is 7. The van der Waals surface area contributed by atoms with Crippen molar-refractivity contribution in [1.29, 1.82) is 0 Å². The van der Waals surface area contributed by atoms with Crippen LogP contribution in [0.25, 0.3) is 6.08 Å². The van der Waals surface area contributed by atoms with Crippen LogP contribution in [-0.4, -0.2) is 37.0 Å². The summed E-state index contributed by atoms with van der Waals surface area (Å²) >= 11 is 0. The number of anilines is 1. The lowest BCUT2D eigenvalue weighted by Gasteiger charge is -2.27. The van der Waals surface area contributed by atoms with Gasteiger partial charge >= 0.3 is 11.7 Å². The fourth-order valence-corrected chi connectivity index (χ4v) is 2.80. The molecule has 0 radical (unpaired) electrons. The molecule has 1 aliphatic heterocycles. The number of nitro groups is 1. The number of nitro benzene ring substituents is 1. The van der Waals surface area contributed by atoms with Gasteiger partial charge in [0.2, 0.25) is 0 Å².